The third-order valence-corrected chi connectivity index (χ3v) is 12.1. The fourth-order valence-corrected chi connectivity index (χ4v) is 9.75. The van der Waals surface area contributed by atoms with Gasteiger partial charge in [0.1, 0.15) is 0 Å². The smallest absolute Gasteiger partial charge is 0.178 e. The molecule has 0 fully saturated rings. The molecule has 0 atom stereocenters. The quantitative estimate of drug-likeness (QED) is 0.175. The van der Waals surface area contributed by atoms with Gasteiger partial charge in [0.2, 0.25) is 0 Å². The van der Waals surface area contributed by atoms with Crippen molar-refractivity contribution in [1.29, 1.82) is 0 Å². The monoisotopic (exact) mass is 741 g/mol. The third-order valence-electron chi connectivity index (χ3n) is 12.1. The minimum atomic E-state index is -0.471. The summed E-state index contributed by atoms with van der Waals surface area (Å²) in [6.45, 7) is 0. The molecule has 1 spiro atoms. The minimum Gasteiger partial charge on any atom is -0.449 e. The van der Waals surface area contributed by atoms with Gasteiger partial charge in [0.25, 0.3) is 0 Å². The molecule has 3 heteroatoms. The number of hydrogen-bond acceptors (Lipinski definition) is 3. The largest absolute Gasteiger partial charge is 0.449 e. The van der Waals surface area contributed by atoms with Crippen molar-refractivity contribution >= 4 is 17.1 Å². The average Bonchev–Trinajstić information content (AvgIpc) is 3.77. The highest BCUT2D eigenvalue weighted by atomic mass is 16.6. The van der Waals surface area contributed by atoms with E-state index < -0.39 is 5.41 Å². The lowest BCUT2D eigenvalue weighted by atomic mass is 9.70. The van der Waals surface area contributed by atoms with Crippen molar-refractivity contribution in [3.05, 3.63) is 235 Å². The van der Waals surface area contributed by atoms with Crippen LogP contribution in [0.3, 0.4) is 0 Å². The summed E-state index contributed by atoms with van der Waals surface area (Å²) in [6.07, 6.45) is 0. The lowest BCUT2D eigenvalue weighted by molar-refractivity contribution is 0.360. The Morgan fingerprint density at radius 1 is 0.328 bits per heavy atom. The molecule has 0 saturated heterocycles. The van der Waals surface area contributed by atoms with Gasteiger partial charge in [-0.05, 0) is 92.0 Å². The number of para-hydroxylation sites is 1. The Morgan fingerprint density at radius 3 is 1.60 bits per heavy atom. The summed E-state index contributed by atoms with van der Waals surface area (Å²) in [5, 5.41) is 0. The molecule has 0 aromatic heterocycles. The summed E-state index contributed by atoms with van der Waals surface area (Å²) in [6, 6.07) is 75.8. The molecule has 9 aromatic carbocycles. The predicted molar refractivity (Wildman–Crippen MR) is 235 cm³/mol. The van der Waals surface area contributed by atoms with E-state index in [1.54, 1.807) is 0 Å². The third kappa shape index (κ3) is 4.68. The molecule has 0 radical (unpaired) electrons. The van der Waals surface area contributed by atoms with Gasteiger partial charge < -0.3 is 14.4 Å². The number of fused-ring (bicyclic) bond motifs is 13. The van der Waals surface area contributed by atoms with Crippen LogP contribution in [0.25, 0.3) is 44.5 Å². The molecule has 0 saturated carbocycles. The molecule has 272 valence electrons. The van der Waals surface area contributed by atoms with Crippen LogP contribution in [-0.4, -0.2) is 0 Å². The summed E-state index contributed by atoms with van der Waals surface area (Å²) in [4.78, 5) is 2.33. The first-order valence-electron chi connectivity index (χ1n) is 19.8. The van der Waals surface area contributed by atoms with Crippen LogP contribution in [0.2, 0.25) is 0 Å². The fourth-order valence-electron chi connectivity index (χ4n) is 9.75. The van der Waals surface area contributed by atoms with Gasteiger partial charge >= 0.3 is 0 Å². The van der Waals surface area contributed by atoms with Crippen molar-refractivity contribution in [2.75, 3.05) is 4.90 Å². The van der Waals surface area contributed by atoms with E-state index >= 15 is 0 Å². The normalized spacial score (nSPS) is 13.2. The Kier molecular flexibility index (Phi) is 7.14. The van der Waals surface area contributed by atoms with Crippen LogP contribution in [0.5, 0.6) is 23.0 Å². The van der Waals surface area contributed by atoms with Crippen molar-refractivity contribution in [2.45, 2.75) is 5.41 Å². The average molecular weight is 742 g/mol. The number of rotatable bonds is 5. The maximum Gasteiger partial charge on any atom is 0.178 e. The zero-order valence-corrected chi connectivity index (χ0v) is 31.5. The van der Waals surface area contributed by atoms with Gasteiger partial charge in [-0.2, -0.15) is 0 Å². The van der Waals surface area contributed by atoms with Crippen LogP contribution in [0.4, 0.5) is 17.1 Å². The number of hydrogen-bond donors (Lipinski definition) is 0. The summed E-state index contributed by atoms with van der Waals surface area (Å²) in [5.74, 6) is 2.82. The van der Waals surface area contributed by atoms with E-state index in [0.29, 0.717) is 17.2 Å². The predicted octanol–water partition coefficient (Wildman–Crippen LogP) is 14.7. The van der Waals surface area contributed by atoms with Crippen molar-refractivity contribution in [3.8, 4) is 67.5 Å². The summed E-state index contributed by atoms with van der Waals surface area (Å²) < 4.78 is 14.0. The Hall–Kier alpha value is -7.62. The van der Waals surface area contributed by atoms with Crippen LogP contribution in [0.15, 0.2) is 212 Å². The molecule has 3 aliphatic rings. The number of benzene rings is 9. The van der Waals surface area contributed by atoms with Gasteiger partial charge in [-0.25, -0.2) is 0 Å². The van der Waals surface area contributed by atoms with Gasteiger partial charge in [0, 0.05) is 22.9 Å². The SMILES string of the molecule is c1ccc(-c2cccc(N(c3ccc4c(c3)Oc3c(ccc5c3-c3ccccc3C53c5ccccc5-c5ccccc53)O4)c3ccccc3-c3ccccc3)c2)cc1. The summed E-state index contributed by atoms with van der Waals surface area (Å²) in [7, 11) is 0. The van der Waals surface area contributed by atoms with Crippen molar-refractivity contribution in [1.82, 2.24) is 0 Å². The topological polar surface area (TPSA) is 21.7 Å². The Morgan fingerprint density at radius 2 is 0.879 bits per heavy atom. The molecule has 3 nitrogen and oxygen atoms in total. The molecule has 0 N–H and O–H groups in total. The van der Waals surface area contributed by atoms with Gasteiger partial charge in [0.15, 0.2) is 23.0 Å². The molecule has 2 aliphatic carbocycles. The fraction of sp³-hybridized carbons (Fsp3) is 0.0182. The first kappa shape index (κ1) is 32.6. The van der Waals surface area contributed by atoms with E-state index in [4.69, 9.17) is 9.47 Å². The molecule has 0 amide bonds. The molecular weight excluding hydrogens is 707 g/mol. The van der Waals surface area contributed by atoms with E-state index in [0.717, 1.165) is 45.1 Å². The zero-order chi connectivity index (χ0) is 38.2. The van der Waals surface area contributed by atoms with Gasteiger partial charge in [0.05, 0.1) is 16.8 Å². The first-order valence-corrected chi connectivity index (χ1v) is 19.8. The van der Waals surface area contributed by atoms with E-state index in [2.05, 4.69) is 211 Å². The molecule has 12 rings (SSSR count). The van der Waals surface area contributed by atoms with Crippen molar-refractivity contribution in [2.24, 2.45) is 0 Å². The molecule has 58 heavy (non-hydrogen) atoms. The van der Waals surface area contributed by atoms with Crippen LogP contribution >= 0.6 is 0 Å². The zero-order valence-electron chi connectivity index (χ0n) is 31.5. The molecule has 1 heterocycles. The summed E-state index contributed by atoms with van der Waals surface area (Å²) in [5.41, 5.74) is 17.0. The second kappa shape index (κ2) is 12.7. The molecule has 9 aromatic rings. The van der Waals surface area contributed by atoms with Crippen LogP contribution in [-0.2, 0) is 5.41 Å². The lowest BCUT2D eigenvalue weighted by Crippen LogP contribution is -2.25. The maximum atomic E-state index is 7.17. The molecular formula is C55H35NO2. The Balaban J connectivity index is 1.04. The Labute approximate surface area is 337 Å². The van der Waals surface area contributed by atoms with E-state index in [1.165, 1.54) is 44.5 Å². The van der Waals surface area contributed by atoms with Crippen LogP contribution in [0, 0.1) is 0 Å². The minimum absolute atomic E-state index is 0.471. The number of nitrogens with zero attached hydrogens (tertiary/aromatic N) is 1. The molecule has 1 aliphatic heterocycles. The highest BCUT2D eigenvalue weighted by Gasteiger charge is 2.53. The van der Waals surface area contributed by atoms with Gasteiger partial charge in [-0.1, -0.05) is 170 Å². The van der Waals surface area contributed by atoms with E-state index in [-0.39, 0.29) is 0 Å². The number of anilines is 3. The van der Waals surface area contributed by atoms with Gasteiger partial charge in [-0.3, -0.25) is 0 Å². The summed E-state index contributed by atoms with van der Waals surface area (Å²) >= 11 is 0. The van der Waals surface area contributed by atoms with Crippen molar-refractivity contribution in [3.63, 3.8) is 0 Å². The van der Waals surface area contributed by atoms with Crippen molar-refractivity contribution < 1.29 is 9.47 Å². The Bertz CT molecular complexity index is 3030. The van der Waals surface area contributed by atoms with E-state index in [1.807, 2.05) is 6.07 Å². The highest BCUT2D eigenvalue weighted by Crippen LogP contribution is 2.66. The molecule has 0 bridgehead atoms. The molecule has 0 unspecified atom stereocenters. The number of ether oxygens (including phenoxy) is 2. The second-order valence-electron chi connectivity index (χ2n) is 15.2. The lowest BCUT2D eigenvalue weighted by Gasteiger charge is -2.31. The highest BCUT2D eigenvalue weighted by molar-refractivity contribution is 5.98. The standard InChI is InChI=1S/C55H35NO2/c1-3-16-36(17-4-1)38-20-15-21-39(34-38)56(49-29-14-10-22-41(49)37-18-5-2-6-19-37)40-30-32-50-52(35-40)58-54-51(57-50)33-31-48-53(54)44-25-9-13-28-47(44)55(48)45-26-11-7-23-42(45)43-24-8-12-27-46(43)55/h1-35H. The van der Waals surface area contributed by atoms with E-state index in [9.17, 15) is 0 Å². The maximum absolute atomic E-state index is 7.17. The first-order chi connectivity index (χ1) is 28.8. The van der Waals surface area contributed by atoms with Crippen LogP contribution in [0.1, 0.15) is 22.3 Å². The van der Waals surface area contributed by atoms with Crippen LogP contribution < -0.4 is 14.4 Å². The second-order valence-corrected chi connectivity index (χ2v) is 15.2. The van der Waals surface area contributed by atoms with Gasteiger partial charge in [-0.15, -0.1) is 0 Å².